The number of anilines is 1. The van der Waals surface area contributed by atoms with Gasteiger partial charge in [-0.15, -0.1) is 0 Å². The van der Waals surface area contributed by atoms with Crippen LogP contribution in [0.1, 0.15) is 34.3 Å². The number of rotatable bonds is 4. The van der Waals surface area contributed by atoms with E-state index < -0.39 is 0 Å². The Morgan fingerprint density at radius 1 is 1.00 bits per heavy atom. The summed E-state index contributed by atoms with van der Waals surface area (Å²) >= 11 is 0. The van der Waals surface area contributed by atoms with Gasteiger partial charge < -0.3 is 14.3 Å². The predicted molar refractivity (Wildman–Crippen MR) is 113 cm³/mol. The van der Waals surface area contributed by atoms with Crippen molar-refractivity contribution in [1.29, 1.82) is 0 Å². The number of piperazine rings is 1. The highest BCUT2D eigenvalue weighted by Gasteiger charge is 2.22. The molecule has 0 spiro atoms. The first-order valence-corrected chi connectivity index (χ1v) is 10.1. The molecule has 0 unspecified atom stereocenters. The SMILES string of the molecule is CCc1nc(-c2ccc(N3CCN(C(=O)c4ccc(C)c(C)c4)CC3)cc2)no1. The van der Waals surface area contributed by atoms with E-state index in [1.165, 1.54) is 5.56 Å². The standard InChI is InChI=1S/C23H26N4O2/c1-4-21-24-22(25-29-21)18-7-9-20(10-8-18)26-11-13-27(14-12-26)23(28)19-6-5-16(2)17(3)15-19/h5-10,15H,4,11-14H2,1-3H3. The van der Waals surface area contributed by atoms with Crippen molar-refractivity contribution in [2.24, 2.45) is 0 Å². The molecule has 29 heavy (non-hydrogen) atoms. The van der Waals surface area contributed by atoms with Gasteiger partial charge in [-0.3, -0.25) is 4.79 Å². The van der Waals surface area contributed by atoms with Crippen LogP contribution in [0.3, 0.4) is 0 Å². The van der Waals surface area contributed by atoms with Gasteiger partial charge in [-0.05, 0) is 61.4 Å². The average Bonchev–Trinajstić information content (AvgIpc) is 3.25. The molecule has 150 valence electrons. The third-order valence-electron chi connectivity index (χ3n) is 5.58. The smallest absolute Gasteiger partial charge is 0.253 e. The van der Waals surface area contributed by atoms with Crippen LogP contribution in [-0.4, -0.2) is 47.1 Å². The van der Waals surface area contributed by atoms with Gasteiger partial charge in [0.2, 0.25) is 11.7 Å². The molecule has 0 saturated carbocycles. The molecule has 0 atom stereocenters. The molecule has 1 saturated heterocycles. The molecule has 2 heterocycles. The summed E-state index contributed by atoms with van der Waals surface area (Å²) in [6.07, 6.45) is 0.732. The molecule has 2 aromatic carbocycles. The highest BCUT2D eigenvalue weighted by Crippen LogP contribution is 2.23. The summed E-state index contributed by atoms with van der Waals surface area (Å²) in [5, 5.41) is 4.03. The van der Waals surface area contributed by atoms with E-state index in [0.29, 0.717) is 11.7 Å². The molecule has 1 amide bonds. The van der Waals surface area contributed by atoms with Crippen LogP contribution in [0.2, 0.25) is 0 Å². The zero-order valence-electron chi connectivity index (χ0n) is 17.2. The van der Waals surface area contributed by atoms with E-state index >= 15 is 0 Å². The molecule has 0 N–H and O–H groups in total. The molecule has 6 nitrogen and oxygen atoms in total. The number of hydrogen-bond donors (Lipinski definition) is 0. The highest BCUT2D eigenvalue weighted by molar-refractivity contribution is 5.94. The second-order valence-electron chi connectivity index (χ2n) is 7.49. The Balaban J connectivity index is 1.39. The van der Waals surface area contributed by atoms with Gasteiger partial charge in [-0.1, -0.05) is 18.1 Å². The first-order valence-electron chi connectivity index (χ1n) is 10.1. The zero-order valence-corrected chi connectivity index (χ0v) is 17.2. The van der Waals surface area contributed by atoms with Crippen molar-refractivity contribution in [3.63, 3.8) is 0 Å². The molecule has 1 aromatic heterocycles. The number of carbonyl (C=O) groups is 1. The van der Waals surface area contributed by atoms with Crippen molar-refractivity contribution in [3.8, 4) is 11.4 Å². The fourth-order valence-corrected chi connectivity index (χ4v) is 3.56. The maximum absolute atomic E-state index is 12.8. The van der Waals surface area contributed by atoms with Crippen molar-refractivity contribution in [2.45, 2.75) is 27.2 Å². The van der Waals surface area contributed by atoms with Crippen molar-refractivity contribution in [3.05, 3.63) is 65.0 Å². The molecular formula is C23H26N4O2. The van der Waals surface area contributed by atoms with Gasteiger partial charge in [0.1, 0.15) is 0 Å². The number of nitrogens with zero attached hydrogens (tertiary/aromatic N) is 4. The largest absolute Gasteiger partial charge is 0.368 e. The van der Waals surface area contributed by atoms with Gasteiger partial charge in [0, 0.05) is 49.4 Å². The quantitative estimate of drug-likeness (QED) is 0.677. The van der Waals surface area contributed by atoms with Gasteiger partial charge in [0.25, 0.3) is 5.91 Å². The van der Waals surface area contributed by atoms with Gasteiger partial charge in [-0.2, -0.15) is 4.98 Å². The summed E-state index contributed by atoms with van der Waals surface area (Å²) in [4.78, 5) is 21.4. The lowest BCUT2D eigenvalue weighted by Crippen LogP contribution is -2.48. The Morgan fingerprint density at radius 3 is 2.34 bits per heavy atom. The van der Waals surface area contributed by atoms with E-state index in [-0.39, 0.29) is 5.91 Å². The molecule has 1 aliphatic rings. The van der Waals surface area contributed by atoms with Gasteiger partial charge >= 0.3 is 0 Å². The number of amides is 1. The van der Waals surface area contributed by atoms with Crippen molar-refractivity contribution >= 4 is 11.6 Å². The molecular weight excluding hydrogens is 364 g/mol. The Labute approximate surface area is 171 Å². The summed E-state index contributed by atoms with van der Waals surface area (Å²) in [5.74, 6) is 1.39. The molecule has 6 heteroatoms. The van der Waals surface area contributed by atoms with E-state index in [4.69, 9.17) is 4.52 Å². The number of aryl methyl sites for hydroxylation is 3. The van der Waals surface area contributed by atoms with Crippen LogP contribution in [0, 0.1) is 13.8 Å². The molecule has 1 fully saturated rings. The molecule has 1 aliphatic heterocycles. The maximum Gasteiger partial charge on any atom is 0.253 e. The second kappa shape index (κ2) is 8.07. The number of carbonyl (C=O) groups excluding carboxylic acids is 1. The third kappa shape index (κ3) is 4.01. The van der Waals surface area contributed by atoms with Crippen LogP contribution in [0.5, 0.6) is 0 Å². The first kappa shape index (κ1) is 19.2. The summed E-state index contributed by atoms with van der Waals surface area (Å²) in [7, 11) is 0. The minimum absolute atomic E-state index is 0.118. The van der Waals surface area contributed by atoms with Crippen LogP contribution < -0.4 is 4.90 Å². The normalized spacial score (nSPS) is 14.3. The van der Waals surface area contributed by atoms with Crippen LogP contribution in [0.15, 0.2) is 47.0 Å². The van der Waals surface area contributed by atoms with Crippen LogP contribution in [-0.2, 0) is 6.42 Å². The van der Waals surface area contributed by atoms with E-state index in [9.17, 15) is 4.79 Å². The number of aromatic nitrogens is 2. The van der Waals surface area contributed by atoms with Gasteiger partial charge in [0.15, 0.2) is 0 Å². The topological polar surface area (TPSA) is 62.5 Å². The summed E-state index contributed by atoms with van der Waals surface area (Å²) < 4.78 is 5.19. The van der Waals surface area contributed by atoms with E-state index in [0.717, 1.165) is 55.0 Å². The summed E-state index contributed by atoms with van der Waals surface area (Å²) in [6, 6.07) is 14.1. The Bertz CT molecular complexity index is 1000. The third-order valence-corrected chi connectivity index (χ3v) is 5.58. The lowest BCUT2D eigenvalue weighted by atomic mass is 10.1. The molecule has 3 aromatic rings. The van der Waals surface area contributed by atoms with E-state index in [1.807, 2.05) is 49.1 Å². The van der Waals surface area contributed by atoms with Crippen molar-refractivity contribution in [1.82, 2.24) is 15.0 Å². The summed E-state index contributed by atoms with van der Waals surface area (Å²) in [6.45, 7) is 9.18. The lowest BCUT2D eigenvalue weighted by molar-refractivity contribution is 0.0746. The van der Waals surface area contributed by atoms with Crippen LogP contribution in [0.4, 0.5) is 5.69 Å². The highest BCUT2D eigenvalue weighted by atomic mass is 16.5. The van der Waals surface area contributed by atoms with E-state index in [2.05, 4.69) is 34.1 Å². The Morgan fingerprint density at radius 2 is 1.72 bits per heavy atom. The summed E-state index contributed by atoms with van der Waals surface area (Å²) in [5.41, 5.74) is 5.23. The Hall–Kier alpha value is -3.15. The lowest BCUT2D eigenvalue weighted by Gasteiger charge is -2.36. The van der Waals surface area contributed by atoms with Crippen LogP contribution >= 0.6 is 0 Å². The monoisotopic (exact) mass is 390 g/mol. The van der Waals surface area contributed by atoms with Gasteiger partial charge in [0.05, 0.1) is 0 Å². The van der Waals surface area contributed by atoms with Gasteiger partial charge in [-0.25, -0.2) is 0 Å². The predicted octanol–water partition coefficient (Wildman–Crippen LogP) is 3.88. The minimum Gasteiger partial charge on any atom is -0.368 e. The van der Waals surface area contributed by atoms with Crippen molar-refractivity contribution < 1.29 is 9.32 Å². The maximum atomic E-state index is 12.8. The second-order valence-corrected chi connectivity index (χ2v) is 7.49. The van der Waals surface area contributed by atoms with Crippen molar-refractivity contribution in [2.75, 3.05) is 31.1 Å². The first-order chi connectivity index (χ1) is 14.0. The van der Waals surface area contributed by atoms with Crippen LogP contribution in [0.25, 0.3) is 11.4 Å². The fourth-order valence-electron chi connectivity index (χ4n) is 3.56. The molecule has 0 aliphatic carbocycles. The van der Waals surface area contributed by atoms with E-state index in [1.54, 1.807) is 0 Å². The minimum atomic E-state index is 0.118. The Kier molecular flexibility index (Phi) is 5.34. The number of hydrogen-bond acceptors (Lipinski definition) is 5. The molecule has 0 radical (unpaired) electrons. The molecule has 4 rings (SSSR count). The average molecular weight is 390 g/mol. The fraction of sp³-hybridized carbons (Fsp3) is 0.348. The number of benzene rings is 2. The zero-order chi connectivity index (χ0) is 20.4. The molecule has 0 bridgehead atoms.